The monoisotopic (exact) mass is 195 g/mol. The quantitative estimate of drug-likeness (QED) is 0.770. The average Bonchev–Trinajstić information content (AvgIpc) is 2.17. The minimum absolute atomic E-state index is 0.0875. The molecule has 0 aliphatic heterocycles. The summed E-state index contributed by atoms with van der Waals surface area (Å²) in [7, 11) is 1.64. The Bertz CT molecular complexity index is 297. The molecule has 0 atom stereocenters. The van der Waals surface area contributed by atoms with Crippen LogP contribution in [0.3, 0.4) is 0 Å². The molecular weight excluding hydrogens is 178 g/mol. The Morgan fingerprint density at radius 1 is 1.43 bits per heavy atom. The van der Waals surface area contributed by atoms with Crippen molar-refractivity contribution < 1.29 is 9.84 Å². The molecule has 0 spiro atoms. The number of methoxy groups -OCH3 is 1. The third-order valence-electron chi connectivity index (χ3n) is 1.95. The number of ether oxygens (including phenoxy) is 1. The van der Waals surface area contributed by atoms with Crippen molar-refractivity contribution in [3.05, 3.63) is 24.3 Å². The number of anilines is 1. The predicted molar refractivity (Wildman–Crippen MR) is 57.8 cm³/mol. The molecule has 0 amide bonds. The molecule has 0 aliphatic carbocycles. The van der Waals surface area contributed by atoms with Crippen LogP contribution in [0.1, 0.15) is 13.8 Å². The third-order valence-corrected chi connectivity index (χ3v) is 1.95. The molecule has 0 aromatic heterocycles. The van der Waals surface area contributed by atoms with Crippen molar-refractivity contribution in [3.63, 3.8) is 0 Å². The molecule has 0 saturated carbocycles. The molecule has 0 bridgehead atoms. The van der Waals surface area contributed by atoms with E-state index >= 15 is 0 Å². The molecule has 0 unspecified atom stereocenters. The van der Waals surface area contributed by atoms with Gasteiger partial charge in [0, 0.05) is 11.8 Å². The highest BCUT2D eigenvalue weighted by atomic mass is 16.5. The van der Waals surface area contributed by atoms with Crippen molar-refractivity contribution in [2.45, 2.75) is 19.4 Å². The first-order chi connectivity index (χ1) is 6.57. The maximum Gasteiger partial charge on any atom is 0.120 e. The van der Waals surface area contributed by atoms with E-state index in [0.717, 1.165) is 11.4 Å². The van der Waals surface area contributed by atoms with Gasteiger partial charge in [0.2, 0.25) is 0 Å². The number of hydrogen-bond acceptors (Lipinski definition) is 3. The van der Waals surface area contributed by atoms with Gasteiger partial charge in [0.25, 0.3) is 0 Å². The summed E-state index contributed by atoms with van der Waals surface area (Å²) in [5.74, 6) is 0.809. The van der Waals surface area contributed by atoms with Crippen LogP contribution in [0.25, 0.3) is 0 Å². The molecular formula is C11H17NO2. The molecule has 1 rings (SSSR count). The lowest BCUT2D eigenvalue weighted by molar-refractivity contribution is 0.234. The van der Waals surface area contributed by atoms with E-state index in [0.29, 0.717) is 0 Å². The van der Waals surface area contributed by atoms with Crippen LogP contribution in [-0.4, -0.2) is 24.4 Å². The number of hydrogen-bond donors (Lipinski definition) is 2. The van der Waals surface area contributed by atoms with Gasteiger partial charge in [0.05, 0.1) is 19.3 Å². The number of rotatable bonds is 4. The van der Waals surface area contributed by atoms with Gasteiger partial charge in [-0.1, -0.05) is 6.07 Å². The first kappa shape index (κ1) is 10.9. The summed E-state index contributed by atoms with van der Waals surface area (Å²) in [6.07, 6.45) is 0. The van der Waals surface area contributed by atoms with Crippen LogP contribution in [0.5, 0.6) is 5.75 Å². The van der Waals surface area contributed by atoms with Gasteiger partial charge in [-0.05, 0) is 26.0 Å². The van der Waals surface area contributed by atoms with Crippen LogP contribution >= 0.6 is 0 Å². The lowest BCUT2D eigenvalue weighted by Gasteiger charge is -2.25. The van der Waals surface area contributed by atoms with Gasteiger partial charge < -0.3 is 15.2 Å². The van der Waals surface area contributed by atoms with Gasteiger partial charge in [0.15, 0.2) is 0 Å². The molecule has 0 aliphatic rings. The number of aliphatic hydroxyl groups is 1. The van der Waals surface area contributed by atoms with Crippen molar-refractivity contribution in [3.8, 4) is 5.75 Å². The lowest BCUT2D eigenvalue weighted by Crippen LogP contribution is -2.34. The van der Waals surface area contributed by atoms with E-state index in [1.165, 1.54) is 0 Å². The summed E-state index contributed by atoms with van der Waals surface area (Å²) in [5, 5.41) is 12.3. The highest BCUT2D eigenvalue weighted by Gasteiger charge is 2.15. The fourth-order valence-electron chi connectivity index (χ4n) is 1.13. The Morgan fingerprint density at radius 2 is 2.14 bits per heavy atom. The third kappa shape index (κ3) is 2.92. The zero-order valence-electron chi connectivity index (χ0n) is 8.87. The molecule has 0 heterocycles. The van der Waals surface area contributed by atoms with E-state index in [4.69, 9.17) is 9.84 Å². The summed E-state index contributed by atoms with van der Waals surface area (Å²) in [5.41, 5.74) is 0.634. The second-order valence-corrected chi connectivity index (χ2v) is 3.90. The SMILES string of the molecule is COc1cccc(NC(C)(C)CO)c1. The van der Waals surface area contributed by atoms with E-state index < -0.39 is 0 Å². The summed E-state index contributed by atoms with van der Waals surface area (Å²) in [6.45, 7) is 3.96. The molecule has 0 saturated heterocycles. The van der Waals surface area contributed by atoms with Gasteiger partial charge in [-0.25, -0.2) is 0 Å². The van der Waals surface area contributed by atoms with Crippen molar-refractivity contribution in [2.24, 2.45) is 0 Å². The zero-order valence-corrected chi connectivity index (χ0v) is 8.87. The summed E-state index contributed by atoms with van der Waals surface area (Å²) >= 11 is 0. The fourth-order valence-corrected chi connectivity index (χ4v) is 1.13. The van der Waals surface area contributed by atoms with Crippen LogP contribution in [0.4, 0.5) is 5.69 Å². The molecule has 1 aromatic rings. The van der Waals surface area contributed by atoms with Crippen molar-refractivity contribution in [1.82, 2.24) is 0 Å². The van der Waals surface area contributed by atoms with Crippen molar-refractivity contribution in [2.75, 3.05) is 19.0 Å². The maximum atomic E-state index is 9.09. The van der Waals surface area contributed by atoms with E-state index in [1.807, 2.05) is 38.1 Å². The minimum Gasteiger partial charge on any atom is -0.497 e. The molecule has 1 aromatic carbocycles. The van der Waals surface area contributed by atoms with Crippen LogP contribution in [0.2, 0.25) is 0 Å². The van der Waals surface area contributed by atoms with Gasteiger partial charge in [-0.15, -0.1) is 0 Å². The van der Waals surface area contributed by atoms with Crippen molar-refractivity contribution >= 4 is 5.69 Å². The van der Waals surface area contributed by atoms with Crippen molar-refractivity contribution in [1.29, 1.82) is 0 Å². The molecule has 3 heteroatoms. The molecule has 0 radical (unpaired) electrons. The first-order valence-corrected chi connectivity index (χ1v) is 4.60. The Labute approximate surface area is 84.7 Å². The smallest absolute Gasteiger partial charge is 0.120 e. The molecule has 78 valence electrons. The van der Waals surface area contributed by atoms with Gasteiger partial charge in [0.1, 0.15) is 5.75 Å². The van der Waals surface area contributed by atoms with Gasteiger partial charge in [-0.3, -0.25) is 0 Å². The average molecular weight is 195 g/mol. The summed E-state index contributed by atoms with van der Waals surface area (Å²) in [4.78, 5) is 0. The number of benzene rings is 1. The standard InChI is InChI=1S/C11H17NO2/c1-11(2,8-13)12-9-5-4-6-10(7-9)14-3/h4-7,12-13H,8H2,1-3H3. The van der Waals surface area contributed by atoms with E-state index in [-0.39, 0.29) is 12.1 Å². The minimum atomic E-state index is -0.313. The van der Waals surface area contributed by atoms with E-state index in [2.05, 4.69) is 5.32 Å². The molecule has 3 nitrogen and oxygen atoms in total. The van der Waals surface area contributed by atoms with Gasteiger partial charge >= 0.3 is 0 Å². The number of aliphatic hydroxyl groups excluding tert-OH is 1. The zero-order chi connectivity index (χ0) is 10.6. The van der Waals surface area contributed by atoms with Crippen LogP contribution < -0.4 is 10.1 Å². The molecule has 14 heavy (non-hydrogen) atoms. The highest BCUT2D eigenvalue weighted by Crippen LogP contribution is 2.20. The maximum absolute atomic E-state index is 9.09. The van der Waals surface area contributed by atoms with Gasteiger partial charge in [-0.2, -0.15) is 0 Å². The molecule has 2 N–H and O–H groups in total. The van der Waals surface area contributed by atoms with E-state index in [1.54, 1.807) is 7.11 Å². The Balaban J connectivity index is 2.76. The first-order valence-electron chi connectivity index (χ1n) is 4.60. The van der Waals surface area contributed by atoms with Crippen LogP contribution in [0, 0.1) is 0 Å². The summed E-state index contributed by atoms with van der Waals surface area (Å²) in [6, 6.07) is 7.64. The van der Waals surface area contributed by atoms with Crippen LogP contribution in [0.15, 0.2) is 24.3 Å². The summed E-state index contributed by atoms with van der Waals surface area (Å²) < 4.78 is 5.10. The van der Waals surface area contributed by atoms with E-state index in [9.17, 15) is 0 Å². The lowest BCUT2D eigenvalue weighted by atomic mass is 10.1. The number of nitrogens with one attached hydrogen (secondary N) is 1. The largest absolute Gasteiger partial charge is 0.497 e. The second-order valence-electron chi connectivity index (χ2n) is 3.90. The Kier molecular flexibility index (Phi) is 3.36. The Hall–Kier alpha value is -1.22. The molecule has 0 fully saturated rings. The second kappa shape index (κ2) is 4.33. The van der Waals surface area contributed by atoms with Crippen LogP contribution in [-0.2, 0) is 0 Å². The highest BCUT2D eigenvalue weighted by molar-refractivity contribution is 5.49. The Morgan fingerprint density at radius 3 is 2.71 bits per heavy atom. The predicted octanol–water partition coefficient (Wildman–Crippen LogP) is 1.88. The normalized spacial score (nSPS) is 11.1. The topological polar surface area (TPSA) is 41.5 Å². The fraction of sp³-hybridized carbons (Fsp3) is 0.455.